The Kier molecular flexibility index (Phi) is 7.27. The van der Waals surface area contributed by atoms with E-state index < -0.39 is 0 Å². The molecule has 6 nitrogen and oxygen atoms in total. The average molecular weight is 443 g/mol. The zero-order valence-electron chi connectivity index (χ0n) is 19.2. The van der Waals surface area contributed by atoms with Gasteiger partial charge in [-0.1, -0.05) is 36.4 Å². The molecule has 1 atom stereocenters. The number of Topliss-reactive ketones (excluding diaryl/α,β-unsaturated/α-hetero) is 1. The van der Waals surface area contributed by atoms with E-state index in [-0.39, 0.29) is 11.7 Å². The predicted octanol–water partition coefficient (Wildman–Crippen LogP) is 3.67. The maximum atomic E-state index is 12.6. The van der Waals surface area contributed by atoms with E-state index in [1.807, 2.05) is 24.3 Å². The number of benzene rings is 2. The number of rotatable bonds is 7. The number of pyridine rings is 1. The van der Waals surface area contributed by atoms with Crippen LogP contribution in [0.3, 0.4) is 0 Å². The minimum Gasteiger partial charge on any atom is -0.348 e. The summed E-state index contributed by atoms with van der Waals surface area (Å²) in [4.78, 5) is 31.5. The second-order valence-electron chi connectivity index (χ2n) is 8.62. The SMILES string of the molecule is CC(=O)c1cccc(C(=O)NCc2cccc(-c3cccc(CN4CCN[C@@H](C)C4)n3)c2)c1. The van der Waals surface area contributed by atoms with Gasteiger partial charge in [-0.05, 0) is 49.7 Å². The number of nitrogens with zero attached hydrogens (tertiary/aromatic N) is 2. The lowest BCUT2D eigenvalue weighted by molar-refractivity contribution is 0.0951. The van der Waals surface area contributed by atoms with E-state index in [0.717, 1.165) is 48.7 Å². The molecule has 1 fully saturated rings. The van der Waals surface area contributed by atoms with E-state index in [0.29, 0.717) is 23.7 Å². The van der Waals surface area contributed by atoms with E-state index in [2.05, 4.69) is 40.7 Å². The lowest BCUT2D eigenvalue weighted by atomic mass is 10.1. The molecule has 2 N–H and O–H groups in total. The van der Waals surface area contributed by atoms with Crippen LogP contribution in [-0.4, -0.2) is 47.3 Å². The molecule has 0 saturated carbocycles. The largest absolute Gasteiger partial charge is 0.348 e. The van der Waals surface area contributed by atoms with Gasteiger partial charge < -0.3 is 10.6 Å². The van der Waals surface area contributed by atoms with Gasteiger partial charge in [-0.25, -0.2) is 0 Å². The molecule has 0 aliphatic carbocycles. The van der Waals surface area contributed by atoms with E-state index in [9.17, 15) is 9.59 Å². The Hall–Kier alpha value is -3.35. The molecule has 1 aliphatic heterocycles. The van der Waals surface area contributed by atoms with Crippen molar-refractivity contribution in [1.29, 1.82) is 0 Å². The van der Waals surface area contributed by atoms with Gasteiger partial charge in [0.1, 0.15) is 0 Å². The summed E-state index contributed by atoms with van der Waals surface area (Å²) in [5.41, 5.74) is 5.02. The van der Waals surface area contributed by atoms with Crippen molar-refractivity contribution >= 4 is 11.7 Å². The van der Waals surface area contributed by atoms with E-state index >= 15 is 0 Å². The van der Waals surface area contributed by atoms with Crippen molar-refractivity contribution in [2.75, 3.05) is 19.6 Å². The molecule has 1 amide bonds. The molecular formula is C27H30N4O2. The summed E-state index contributed by atoms with van der Waals surface area (Å²) in [5, 5.41) is 6.42. The summed E-state index contributed by atoms with van der Waals surface area (Å²) in [6.45, 7) is 8.01. The third-order valence-electron chi connectivity index (χ3n) is 5.85. The van der Waals surface area contributed by atoms with Crippen molar-refractivity contribution in [3.05, 3.63) is 89.1 Å². The van der Waals surface area contributed by atoms with Gasteiger partial charge in [-0.2, -0.15) is 0 Å². The number of hydrogen-bond acceptors (Lipinski definition) is 5. The van der Waals surface area contributed by atoms with Crippen molar-refractivity contribution in [2.45, 2.75) is 33.0 Å². The first-order valence-electron chi connectivity index (χ1n) is 11.4. The van der Waals surface area contributed by atoms with Crippen LogP contribution in [0.5, 0.6) is 0 Å². The van der Waals surface area contributed by atoms with Crippen LogP contribution < -0.4 is 10.6 Å². The molecule has 0 bridgehead atoms. The third kappa shape index (κ3) is 6.12. The van der Waals surface area contributed by atoms with Crippen LogP contribution >= 0.6 is 0 Å². The molecule has 1 saturated heterocycles. The van der Waals surface area contributed by atoms with Gasteiger partial charge in [-0.3, -0.25) is 19.5 Å². The van der Waals surface area contributed by atoms with Crippen LogP contribution in [0.1, 0.15) is 45.8 Å². The highest BCUT2D eigenvalue weighted by molar-refractivity contribution is 5.99. The number of nitrogens with one attached hydrogen (secondary N) is 2. The molecule has 3 aromatic rings. The molecule has 0 spiro atoms. The van der Waals surface area contributed by atoms with Crippen LogP contribution in [0.25, 0.3) is 11.3 Å². The first-order valence-corrected chi connectivity index (χ1v) is 11.4. The summed E-state index contributed by atoms with van der Waals surface area (Å²) < 4.78 is 0. The number of carbonyl (C=O) groups is 2. The van der Waals surface area contributed by atoms with Gasteiger partial charge in [0, 0.05) is 55.5 Å². The van der Waals surface area contributed by atoms with E-state index in [1.165, 1.54) is 6.92 Å². The number of hydrogen-bond donors (Lipinski definition) is 2. The first-order chi connectivity index (χ1) is 16.0. The van der Waals surface area contributed by atoms with Gasteiger partial charge in [0.15, 0.2) is 5.78 Å². The molecule has 0 radical (unpaired) electrons. The molecule has 0 unspecified atom stereocenters. The van der Waals surface area contributed by atoms with Crippen molar-refractivity contribution < 1.29 is 9.59 Å². The zero-order valence-corrected chi connectivity index (χ0v) is 19.2. The number of amides is 1. The standard InChI is InChI=1S/C27H30N4O2/c1-19-17-31(13-12-28-19)18-25-10-5-11-26(30-25)23-8-3-6-21(14-23)16-29-27(33)24-9-4-7-22(15-24)20(2)32/h3-11,14-15,19,28H,12-13,16-18H2,1-2H3,(H,29,33)/t19-/m0/s1. The number of aromatic nitrogens is 1. The topological polar surface area (TPSA) is 74.3 Å². The Labute approximate surface area is 195 Å². The Morgan fingerprint density at radius 3 is 2.67 bits per heavy atom. The molecule has 1 aliphatic rings. The molecular weight excluding hydrogens is 412 g/mol. The van der Waals surface area contributed by atoms with Crippen LogP contribution in [0.2, 0.25) is 0 Å². The molecule has 170 valence electrons. The fourth-order valence-corrected chi connectivity index (χ4v) is 4.12. The van der Waals surface area contributed by atoms with Gasteiger partial charge in [0.2, 0.25) is 0 Å². The predicted molar refractivity (Wildman–Crippen MR) is 130 cm³/mol. The second kappa shape index (κ2) is 10.5. The van der Waals surface area contributed by atoms with Gasteiger partial charge in [0.05, 0.1) is 11.4 Å². The van der Waals surface area contributed by atoms with Crippen LogP contribution in [0, 0.1) is 0 Å². The monoisotopic (exact) mass is 442 g/mol. The van der Waals surface area contributed by atoms with Crippen molar-refractivity contribution in [3.63, 3.8) is 0 Å². The maximum absolute atomic E-state index is 12.6. The molecule has 6 heteroatoms. The number of ketones is 1. The maximum Gasteiger partial charge on any atom is 0.251 e. The van der Waals surface area contributed by atoms with Crippen molar-refractivity contribution in [1.82, 2.24) is 20.5 Å². The second-order valence-corrected chi connectivity index (χ2v) is 8.62. The van der Waals surface area contributed by atoms with Gasteiger partial charge in [0.25, 0.3) is 5.91 Å². The highest BCUT2D eigenvalue weighted by Gasteiger charge is 2.16. The Balaban J connectivity index is 1.42. The summed E-state index contributed by atoms with van der Waals surface area (Å²) in [5.74, 6) is -0.257. The van der Waals surface area contributed by atoms with Crippen LogP contribution in [0.4, 0.5) is 0 Å². The van der Waals surface area contributed by atoms with Crippen molar-refractivity contribution in [2.24, 2.45) is 0 Å². The highest BCUT2D eigenvalue weighted by atomic mass is 16.1. The summed E-state index contributed by atoms with van der Waals surface area (Å²) in [6.07, 6.45) is 0. The fraction of sp³-hybridized carbons (Fsp3) is 0.296. The lowest BCUT2D eigenvalue weighted by Gasteiger charge is -2.31. The summed E-state index contributed by atoms with van der Waals surface area (Å²) in [7, 11) is 0. The highest BCUT2D eigenvalue weighted by Crippen LogP contribution is 2.20. The first kappa shape index (κ1) is 22.8. The molecule has 1 aromatic heterocycles. The van der Waals surface area contributed by atoms with E-state index in [4.69, 9.17) is 4.98 Å². The van der Waals surface area contributed by atoms with Crippen LogP contribution in [-0.2, 0) is 13.1 Å². The lowest BCUT2D eigenvalue weighted by Crippen LogP contribution is -2.48. The van der Waals surface area contributed by atoms with Gasteiger partial charge >= 0.3 is 0 Å². The minimum atomic E-state index is -0.200. The van der Waals surface area contributed by atoms with Crippen molar-refractivity contribution in [3.8, 4) is 11.3 Å². The smallest absolute Gasteiger partial charge is 0.251 e. The number of carbonyl (C=O) groups excluding carboxylic acids is 2. The minimum absolute atomic E-state index is 0.0569. The van der Waals surface area contributed by atoms with E-state index in [1.54, 1.807) is 24.3 Å². The summed E-state index contributed by atoms with van der Waals surface area (Å²) >= 11 is 0. The Morgan fingerprint density at radius 2 is 1.85 bits per heavy atom. The average Bonchev–Trinajstić information content (AvgIpc) is 2.83. The summed E-state index contributed by atoms with van der Waals surface area (Å²) in [6, 6.07) is 21.5. The third-order valence-corrected chi connectivity index (χ3v) is 5.85. The van der Waals surface area contributed by atoms with Gasteiger partial charge in [-0.15, -0.1) is 0 Å². The Bertz CT molecular complexity index is 1140. The Morgan fingerprint density at radius 1 is 1.06 bits per heavy atom. The quantitative estimate of drug-likeness (QED) is 0.546. The fourth-order valence-electron chi connectivity index (χ4n) is 4.12. The zero-order chi connectivity index (χ0) is 23.2. The molecule has 4 rings (SSSR count). The van der Waals surface area contributed by atoms with Crippen LogP contribution in [0.15, 0.2) is 66.7 Å². The molecule has 2 aromatic carbocycles. The molecule has 33 heavy (non-hydrogen) atoms. The normalized spacial score (nSPS) is 16.4. The molecule has 2 heterocycles. The number of piperazine rings is 1.